The number of para-hydroxylation sites is 1. The Morgan fingerprint density at radius 2 is 2.16 bits per heavy atom. The zero-order valence-electron chi connectivity index (χ0n) is 10.8. The van der Waals surface area contributed by atoms with E-state index < -0.39 is 12.0 Å². The fourth-order valence-corrected chi connectivity index (χ4v) is 2.40. The van der Waals surface area contributed by atoms with Crippen molar-refractivity contribution in [1.29, 1.82) is 0 Å². The summed E-state index contributed by atoms with van der Waals surface area (Å²) in [5, 5.41) is 9.15. The van der Waals surface area contributed by atoms with Crippen molar-refractivity contribution in [2.45, 2.75) is 32.4 Å². The van der Waals surface area contributed by atoms with E-state index in [-0.39, 0.29) is 5.97 Å². The van der Waals surface area contributed by atoms with Crippen LogP contribution < -0.4 is 4.74 Å². The smallest absolute Gasteiger partial charge is 0.320 e. The SMILES string of the molecule is CC(=O)Oc1ccccc1CN1CCC[C@H]1C(=O)O. The molecule has 1 aliphatic rings. The van der Waals surface area contributed by atoms with Gasteiger partial charge in [-0.1, -0.05) is 18.2 Å². The molecule has 0 spiro atoms. The van der Waals surface area contributed by atoms with Gasteiger partial charge in [0, 0.05) is 19.0 Å². The Hall–Kier alpha value is -1.88. The Morgan fingerprint density at radius 1 is 1.42 bits per heavy atom. The van der Waals surface area contributed by atoms with E-state index in [1.807, 2.05) is 17.0 Å². The van der Waals surface area contributed by atoms with Crippen LogP contribution in [-0.2, 0) is 16.1 Å². The highest BCUT2D eigenvalue weighted by molar-refractivity contribution is 5.74. The molecule has 1 fully saturated rings. The number of nitrogens with zero attached hydrogens (tertiary/aromatic N) is 1. The van der Waals surface area contributed by atoms with Gasteiger partial charge in [0.15, 0.2) is 0 Å². The molecule has 2 rings (SSSR count). The molecule has 1 aromatic carbocycles. The van der Waals surface area contributed by atoms with Crippen LogP contribution in [0.4, 0.5) is 0 Å². The molecule has 0 bridgehead atoms. The van der Waals surface area contributed by atoms with Crippen LogP contribution in [0, 0.1) is 0 Å². The van der Waals surface area contributed by atoms with Crippen molar-refractivity contribution >= 4 is 11.9 Å². The number of carbonyl (C=O) groups excluding carboxylic acids is 1. The first-order valence-electron chi connectivity index (χ1n) is 6.31. The van der Waals surface area contributed by atoms with Crippen LogP contribution in [0.5, 0.6) is 5.75 Å². The largest absolute Gasteiger partial charge is 0.480 e. The second-order valence-corrected chi connectivity index (χ2v) is 4.67. The molecule has 19 heavy (non-hydrogen) atoms. The van der Waals surface area contributed by atoms with E-state index in [1.165, 1.54) is 6.92 Å². The summed E-state index contributed by atoms with van der Waals surface area (Å²) in [5.41, 5.74) is 0.839. The lowest BCUT2D eigenvalue weighted by atomic mass is 10.1. The van der Waals surface area contributed by atoms with Gasteiger partial charge >= 0.3 is 11.9 Å². The predicted molar refractivity (Wildman–Crippen MR) is 68.8 cm³/mol. The topological polar surface area (TPSA) is 66.8 Å². The summed E-state index contributed by atoms with van der Waals surface area (Å²) >= 11 is 0. The van der Waals surface area contributed by atoms with Gasteiger partial charge in [0.1, 0.15) is 11.8 Å². The molecule has 0 radical (unpaired) electrons. The van der Waals surface area contributed by atoms with E-state index in [9.17, 15) is 9.59 Å². The van der Waals surface area contributed by atoms with E-state index >= 15 is 0 Å². The molecule has 1 heterocycles. The van der Waals surface area contributed by atoms with Gasteiger partial charge in [-0.25, -0.2) is 0 Å². The molecule has 1 aliphatic heterocycles. The Morgan fingerprint density at radius 3 is 2.84 bits per heavy atom. The number of benzene rings is 1. The Labute approximate surface area is 111 Å². The Kier molecular flexibility index (Phi) is 4.16. The average Bonchev–Trinajstić information content (AvgIpc) is 2.79. The number of carbonyl (C=O) groups is 2. The highest BCUT2D eigenvalue weighted by Crippen LogP contribution is 2.25. The van der Waals surface area contributed by atoms with Crippen LogP contribution >= 0.6 is 0 Å². The van der Waals surface area contributed by atoms with Crippen LogP contribution in [0.25, 0.3) is 0 Å². The molecule has 0 saturated carbocycles. The number of rotatable bonds is 4. The first-order chi connectivity index (χ1) is 9.08. The zero-order valence-corrected chi connectivity index (χ0v) is 10.8. The van der Waals surface area contributed by atoms with Gasteiger partial charge in [0.05, 0.1) is 0 Å². The minimum absolute atomic E-state index is 0.372. The summed E-state index contributed by atoms with van der Waals surface area (Å²) < 4.78 is 5.14. The number of carboxylic acids is 1. The second kappa shape index (κ2) is 5.84. The van der Waals surface area contributed by atoms with Crippen LogP contribution in [-0.4, -0.2) is 34.5 Å². The highest BCUT2D eigenvalue weighted by Gasteiger charge is 2.30. The summed E-state index contributed by atoms with van der Waals surface area (Å²) in [6.45, 7) is 2.60. The molecule has 1 saturated heterocycles. The van der Waals surface area contributed by atoms with Gasteiger partial charge in [-0.05, 0) is 25.5 Å². The molecule has 1 atom stereocenters. The van der Waals surface area contributed by atoms with Gasteiger partial charge in [-0.15, -0.1) is 0 Å². The molecule has 0 unspecified atom stereocenters. The van der Waals surface area contributed by atoms with Gasteiger partial charge in [-0.3, -0.25) is 14.5 Å². The van der Waals surface area contributed by atoms with E-state index in [2.05, 4.69) is 0 Å². The lowest BCUT2D eigenvalue weighted by Crippen LogP contribution is -2.35. The molecule has 1 aromatic rings. The fraction of sp³-hybridized carbons (Fsp3) is 0.429. The van der Waals surface area contributed by atoms with Crippen molar-refractivity contribution in [1.82, 2.24) is 4.90 Å². The number of hydrogen-bond donors (Lipinski definition) is 1. The Balaban J connectivity index is 2.14. The summed E-state index contributed by atoms with van der Waals surface area (Å²) in [6, 6.07) is 6.79. The monoisotopic (exact) mass is 263 g/mol. The van der Waals surface area contributed by atoms with E-state index in [1.54, 1.807) is 12.1 Å². The first kappa shape index (κ1) is 13.5. The molecule has 102 valence electrons. The van der Waals surface area contributed by atoms with Crippen LogP contribution in [0.3, 0.4) is 0 Å². The molecule has 0 aliphatic carbocycles. The number of esters is 1. The quantitative estimate of drug-likeness (QED) is 0.661. The Bertz CT molecular complexity index is 486. The fourth-order valence-electron chi connectivity index (χ4n) is 2.40. The minimum atomic E-state index is -0.789. The molecular formula is C14H17NO4. The predicted octanol–water partition coefficient (Wildman–Crippen LogP) is 1.66. The third-order valence-corrected chi connectivity index (χ3v) is 3.25. The van der Waals surface area contributed by atoms with Crippen molar-refractivity contribution in [3.63, 3.8) is 0 Å². The van der Waals surface area contributed by atoms with Crippen molar-refractivity contribution in [3.05, 3.63) is 29.8 Å². The van der Waals surface area contributed by atoms with Gasteiger partial charge in [0.25, 0.3) is 0 Å². The summed E-state index contributed by atoms with van der Waals surface area (Å²) in [7, 11) is 0. The standard InChI is InChI=1S/C14H17NO4/c1-10(16)19-13-7-3-2-5-11(13)9-15-8-4-6-12(15)14(17)18/h2-3,5,7,12H,4,6,8-9H2,1H3,(H,17,18)/t12-/m0/s1. The van der Waals surface area contributed by atoms with Gasteiger partial charge in [0.2, 0.25) is 0 Å². The van der Waals surface area contributed by atoms with Crippen LogP contribution in [0.1, 0.15) is 25.3 Å². The van der Waals surface area contributed by atoms with E-state index in [0.717, 1.165) is 18.5 Å². The lowest BCUT2D eigenvalue weighted by Gasteiger charge is -2.22. The lowest BCUT2D eigenvalue weighted by molar-refractivity contribution is -0.142. The van der Waals surface area contributed by atoms with E-state index in [4.69, 9.17) is 9.84 Å². The van der Waals surface area contributed by atoms with Crippen LogP contribution in [0.15, 0.2) is 24.3 Å². The first-order valence-corrected chi connectivity index (χ1v) is 6.31. The number of carboxylic acid groups (broad SMARTS) is 1. The summed E-state index contributed by atoms with van der Waals surface area (Å²) in [5.74, 6) is -0.655. The maximum Gasteiger partial charge on any atom is 0.320 e. The molecule has 5 heteroatoms. The molecule has 5 nitrogen and oxygen atoms in total. The summed E-state index contributed by atoms with van der Waals surface area (Å²) in [6.07, 6.45) is 1.55. The average molecular weight is 263 g/mol. The van der Waals surface area contributed by atoms with Crippen LogP contribution in [0.2, 0.25) is 0 Å². The van der Waals surface area contributed by atoms with Crippen molar-refractivity contribution in [3.8, 4) is 5.75 Å². The van der Waals surface area contributed by atoms with Gasteiger partial charge < -0.3 is 9.84 Å². The number of hydrogen-bond acceptors (Lipinski definition) is 4. The van der Waals surface area contributed by atoms with E-state index in [0.29, 0.717) is 18.7 Å². The third kappa shape index (κ3) is 3.32. The minimum Gasteiger partial charge on any atom is -0.480 e. The molecule has 1 N–H and O–H groups in total. The van der Waals surface area contributed by atoms with Crippen molar-refractivity contribution in [2.24, 2.45) is 0 Å². The van der Waals surface area contributed by atoms with Gasteiger partial charge in [-0.2, -0.15) is 0 Å². The number of likely N-dealkylation sites (tertiary alicyclic amines) is 1. The van der Waals surface area contributed by atoms with Crippen molar-refractivity contribution < 1.29 is 19.4 Å². The third-order valence-electron chi connectivity index (χ3n) is 3.25. The maximum atomic E-state index is 11.1. The zero-order chi connectivity index (χ0) is 13.8. The summed E-state index contributed by atoms with van der Waals surface area (Å²) in [4.78, 5) is 24.1. The molecule has 0 amide bonds. The highest BCUT2D eigenvalue weighted by atomic mass is 16.5. The normalized spacial score (nSPS) is 19.3. The second-order valence-electron chi connectivity index (χ2n) is 4.67. The maximum absolute atomic E-state index is 11.1. The number of aliphatic carboxylic acids is 1. The molecule has 0 aromatic heterocycles. The van der Waals surface area contributed by atoms with Crippen molar-refractivity contribution in [2.75, 3.05) is 6.54 Å². The number of ether oxygens (including phenoxy) is 1. The molecular weight excluding hydrogens is 246 g/mol.